The van der Waals surface area contributed by atoms with Crippen molar-refractivity contribution < 1.29 is 4.79 Å². The van der Waals surface area contributed by atoms with Crippen molar-refractivity contribution in [3.05, 3.63) is 63.2 Å². The van der Waals surface area contributed by atoms with Crippen LogP contribution in [0.3, 0.4) is 0 Å². The summed E-state index contributed by atoms with van der Waals surface area (Å²) < 4.78 is 0. The average molecular weight is 394 g/mol. The topological polar surface area (TPSA) is 94.4 Å². The van der Waals surface area contributed by atoms with E-state index in [1.54, 1.807) is 36.4 Å². The van der Waals surface area contributed by atoms with E-state index >= 15 is 0 Å². The third-order valence-corrected chi connectivity index (χ3v) is 4.35. The van der Waals surface area contributed by atoms with Gasteiger partial charge in [-0.2, -0.15) is 4.99 Å². The number of carbonyl (C=O) groups excluding carboxylic acids is 1. The van der Waals surface area contributed by atoms with Gasteiger partial charge in [0.15, 0.2) is 5.96 Å². The van der Waals surface area contributed by atoms with Crippen LogP contribution < -0.4 is 11.5 Å². The molecule has 0 aliphatic carbocycles. The summed E-state index contributed by atoms with van der Waals surface area (Å²) in [5.74, 6) is -0.870. The number of benzene rings is 2. The highest BCUT2D eigenvalue weighted by Gasteiger charge is 2.14. The maximum atomic E-state index is 12.1. The van der Waals surface area contributed by atoms with E-state index in [-0.39, 0.29) is 5.96 Å². The highest BCUT2D eigenvalue weighted by atomic mass is 35.5. The summed E-state index contributed by atoms with van der Waals surface area (Å²) in [7, 11) is 0. The molecule has 0 fully saturated rings. The van der Waals surface area contributed by atoms with E-state index in [0.29, 0.717) is 37.3 Å². The number of hydrogen-bond donors (Lipinski definition) is 2. The number of pyridine rings is 1. The molecule has 25 heavy (non-hydrogen) atoms. The third-order valence-electron chi connectivity index (χ3n) is 3.50. The molecule has 0 spiro atoms. The van der Waals surface area contributed by atoms with Gasteiger partial charge in [0.1, 0.15) is 0 Å². The van der Waals surface area contributed by atoms with Crippen molar-refractivity contribution in [1.29, 1.82) is 0 Å². The monoisotopic (exact) mass is 392 g/mol. The van der Waals surface area contributed by atoms with Crippen LogP contribution in [-0.2, 0) is 0 Å². The van der Waals surface area contributed by atoms with Crippen LogP contribution in [0.1, 0.15) is 10.4 Å². The number of aromatic nitrogens is 1. The average Bonchev–Trinajstić information content (AvgIpc) is 2.55. The largest absolute Gasteiger partial charge is 0.370 e. The van der Waals surface area contributed by atoms with Crippen molar-refractivity contribution in [1.82, 2.24) is 4.98 Å². The van der Waals surface area contributed by atoms with Gasteiger partial charge in [0.2, 0.25) is 0 Å². The molecule has 0 radical (unpaired) electrons. The Morgan fingerprint density at radius 2 is 1.72 bits per heavy atom. The second-order valence-electron chi connectivity index (χ2n) is 5.18. The number of rotatable bonds is 2. The van der Waals surface area contributed by atoms with Crippen LogP contribution in [0.4, 0.5) is 0 Å². The van der Waals surface area contributed by atoms with Gasteiger partial charge in [-0.1, -0.05) is 40.9 Å². The van der Waals surface area contributed by atoms with E-state index in [9.17, 15) is 4.79 Å². The highest BCUT2D eigenvalue weighted by Crippen LogP contribution is 2.36. The van der Waals surface area contributed by atoms with Gasteiger partial charge < -0.3 is 11.5 Å². The number of hydrogen-bond acceptors (Lipinski definition) is 2. The number of halogens is 3. The first kappa shape index (κ1) is 17.5. The van der Waals surface area contributed by atoms with Gasteiger partial charge in [0.25, 0.3) is 5.91 Å². The predicted octanol–water partition coefficient (Wildman–Crippen LogP) is 4.28. The fourth-order valence-corrected chi connectivity index (χ4v) is 3.13. The number of aliphatic imine (C=N–C) groups is 1. The van der Waals surface area contributed by atoms with Gasteiger partial charge >= 0.3 is 0 Å². The molecule has 0 aliphatic rings. The highest BCUT2D eigenvalue weighted by molar-refractivity contribution is 6.38. The zero-order valence-electron chi connectivity index (χ0n) is 12.6. The standard InChI is InChI=1S/C17H11Cl3N4O/c18-9-2-4-11(13(19)6-9)15-12-5-8(16(25)24-17(21)22)1-3-10(12)14(20)7-23-15/h1-7H,(H4,21,22,24,25). The summed E-state index contributed by atoms with van der Waals surface area (Å²) >= 11 is 18.5. The molecule has 0 saturated carbocycles. The molecular formula is C17H11Cl3N4O. The molecule has 5 nitrogen and oxygen atoms in total. The summed E-state index contributed by atoms with van der Waals surface area (Å²) in [5.41, 5.74) is 12.1. The first-order valence-electron chi connectivity index (χ1n) is 7.04. The van der Waals surface area contributed by atoms with Gasteiger partial charge in [0, 0.05) is 33.1 Å². The van der Waals surface area contributed by atoms with Crippen LogP contribution in [0.15, 0.2) is 47.6 Å². The smallest absolute Gasteiger partial charge is 0.280 e. The van der Waals surface area contributed by atoms with Gasteiger partial charge in [-0.05, 0) is 30.3 Å². The first-order chi connectivity index (χ1) is 11.9. The second-order valence-corrected chi connectivity index (χ2v) is 6.43. The Morgan fingerprint density at radius 1 is 0.960 bits per heavy atom. The Bertz CT molecular complexity index is 1030. The molecule has 2 aromatic carbocycles. The van der Waals surface area contributed by atoms with Crippen LogP contribution in [0.5, 0.6) is 0 Å². The van der Waals surface area contributed by atoms with Gasteiger partial charge in [-0.25, -0.2) is 0 Å². The SMILES string of the molecule is NC(N)=NC(=O)c1ccc2c(Cl)cnc(-c3ccc(Cl)cc3Cl)c2c1. The van der Waals surface area contributed by atoms with Crippen molar-refractivity contribution in [3.8, 4) is 11.3 Å². The maximum Gasteiger partial charge on any atom is 0.280 e. The molecule has 1 heterocycles. The quantitative estimate of drug-likeness (QED) is 0.502. The van der Waals surface area contributed by atoms with Crippen molar-refractivity contribution in [3.63, 3.8) is 0 Å². The molecule has 4 N–H and O–H groups in total. The number of nitrogens with zero attached hydrogens (tertiary/aromatic N) is 2. The number of guanidine groups is 1. The lowest BCUT2D eigenvalue weighted by atomic mass is 10.0. The summed E-state index contributed by atoms with van der Waals surface area (Å²) in [5, 5.41) is 2.76. The second kappa shape index (κ2) is 6.88. The Labute approximate surface area is 158 Å². The maximum absolute atomic E-state index is 12.1. The third kappa shape index (κ3) is 3.54. The minimum Gasteiger partial charge on any atom is -0.370 e. The predicted molar refractivity (Wildman–Crippen MR) is 102 cm³/mol. The Kier molecular flexibility index (Phi) is 4.81. The minimum absolute atomic E-state index is 0.302. The van der Waals surface area contributed by atoms with E-state index in [1.165, 1.54) is 6.20 Å². The van der Waals surface area contributed by atoms with Crippen LogP contribution in [0.2, 0.25) is 15.1 Å². The van der Waals surface area contributed by atoms with Crippen molar-refractivity contribution in [2.75, 3.05) is 0 Å². The molecule has 0 unspecified atom stereocenters. The summed E-state index contributed by atoms with van der Waals surface area (Å²) in [6.07, 6.45) is 1.53. The van der Waals surface area contributed by atoms with Crippen LogP contribution in [0, 0.1) is 0 Å². The van der Waals surface area contributed by atoms with Gasteiger partial charge in [-0.15, -0.1) is 0 Å². The van der Waals surface area contributed by atoms with Crippen molar-refractivity contribution in [2.24, 2.45) is 16.5 Å². The lowest BCUT2D eigenvalue weighted by Crippen LogP contribution is -2.24. The van der Waals surface area contributed by atoms with E-state index in [0.717, 1.165) is 5.39 Å². The summed E-state index contributed by atoms with van der Waals surface area (Å²) in [6, 6.07) is 10.0. The number of carbonyl (C=O) groups is 1. The molecule has 1 amide bonds. The zero-order valence-corrected chi connectivity index (χ0v) is 14.9. The van der Waals surface area contributed by atoms with Crippen LogP contribution >= 0.6 is 34.8 Å². The molecule has 8 heteroatoms. The minimum atomic E-state index is -0.560. The fraction of sp³-hybridized carbons (Fsp3) is 0. The fourth-order valence-electron chi connectivity index (χ4n) is 2.42. The number of fused-ring (bicyclic) bond motifs is 1. The van der Waals surface area contributed by atoms with Crippen LogP contribution in [-0.4, -0.2) is 16.9 Å². The number of nitrogens with two attached hydrogens (primary N) is 2. The van der Waals surface area contributed by atoms with Crippen molar-refractivity contribution in [2.45, 2.75) is 0 Å². The normalized spacial score (nSPS) is 10.7. The first-order valence-corrected chi connectivity index (χ1v) is 8.18. The Hall–Kier alpha value is -2.34. The molecule has 3 aromatic rings. The Morgan fingerprint density at radius 3 is 2.40 bits per heavy atom. The number of amides is 1. The molecule has 0 aliphatic heterocycles. The molecule has 0 atom stereocenters. The van der Waals surface area contributed by atoms with Gasteiger partial charge in [0.05, 0.1) is 15.7 Å². The lowest BCUT2D eigenvalue weighted by Gasteiger charge is -2.10. The lowest BCUT2D eigenvalue weighted by molar-refractivity contribution is 0.100. The summed E-state index contributed by atoms with van der Waals surface area (Å²) in [6.45, 7) is 0. The molecule has 0 bridgehead atoms. The summed E-state index contributed by atoms with van der Waals surface area (Å²) in [4.78, 5) is 20.0. The van der Waals surface area contributed by atoms with E-state index in [1.807, 2.05) is 0 Å². The zero-order chi connectivity index (χ0) is 18.1. The van der Waals surface area contributed by atoms with E-state index < -0.39 is 5.91 Å². The molecular weight excluding hydrogens is 383 g/mol. The molecule has 1 aromatic heterocycles. The molecule has 126 valence electrons. The van der Waals surface area contributed by atoms with Crippen LogP contribution in [0.25, 0.3) is 22.0 Å². The van der Waals surface area contributed by atoms with Gasteiger partial charge in [-0.3, -0.25) is 9.78 Å². The van der Waals surface area contributed by atoms with Crippen molar-refractivity contribution >= 4 is 57.4 Å². The molecule has 3 rings (SSSR count). The van der Waals surface area contributed by atoms with E-state index in [4.69, 9.17) is 46.3 Å². The molecule has 0 saturated heterocycles. The Balaban J connectivity index is 2.27. The van der Waals surface area contributed by atoms with E-state index in [2.05, 4.69) is 9.98 Å².